The first kappa shape index (κ1) is 16.8. The second-order valence-corrected chi connectivity index (χ2v) is 7.59. The van der Waals surface area contributed by atoms with Crippen molar-refractivity contribution in [3.63, 3.8) is 0 Å². The van der Waals surface area contributed by atoms with E-state index in [1.54, 1.807) is 0 Å². The molecule has 7 heteroatoms. The summed E-state index contributed by atoms with van der Waals surface area (Å²) in [4.78, 5) is 12.2. The highest BCUT2D eigenvalue weighted by Crippen LogP contribution is 2.24. The smallest absolute Gasteiger partial charge is 0.230 e. The molecule has 1 heterocycles. The summed E-state index contributed by atoms with van der Waals surface area (Å²) >= 11 is 2.65. The lowest BCUT2D eigenvalue weighted by molar-refractivity contribution is -0.119. The van der Waals surface area contributed by atoms with Crippen LogP contribution in [0, 0.1) is 5.92 Å². The summed E-state index contributed by atoms with van der Waals surface area (Å²) < 4.78 is 0.716. The number of aromatic nitrogens is 2. The van der Waals surface area contributed by atoms with Crippen molar-refractivity contribution in [3.8, 4) is 0 Å². The molecule has 22 heavy (non-hydrogen) atoms. The fourth-order valence-corrected chi connectivity index (χ4v) is 3.52. The van der Waals surface area contributed by atoms with Crippen LogP contribution in [-0.4, -0.2) is 21.9 Å². The topological polar surface area (TPSA) is 80.9 Å². The van der Waals surface area contributed by atoms with Crippen molar-refractivity contribution in [1.82, 2.24) is 15.5 Å². The van der Waals surface area contributed by atoms with Gasteiger partial charge in [0, 0.05) is 0 Å². The van der Waals surface area contributed by atoms with Gasteiger partial charge in [0.2, 0.25) is 11.0 Å². The summed E-state index contributed by atoms with van der Waals surface area (Å²) in [5.41, 5.74) is 6.66. The van der Waals surface area contributed by atoms with Gasteiger partial charge in [-0.2, -0.15) is 0 Å². The monoisotopic (exact) mass is 336 g/mol. The van der Waals surface area contributed by atoms with E-state index in [0.717, 1.165) is 12.0 Å². The zero-order chi connectivity index (χ0) is 15.9. The number of carbonyl (C=O) groups is 1. The maximum Gasteiger partial charge on any atom is 0.230 e. The van der Waals surface area contributed by atoms with Gasteiger partial charge in [0.1, 0.15) is 0 Å². The van der Waals surface area contributed by atoms with E-state index in [0.29, 0.717) is 21.1 Å². The van der Waals surface area contributed by atoms with Crippen molar-refractivity contribution in [2.24, 2.45) is 5.92 Å². The van der Waals surface area contributed by atoms with Crippen LogP contribution in [0.5, 0.6) is 0 Å². The molecule has 1 atom stereocenters. The van der Waals surface area contributed by atoms with Gasteiger partial charge in [-0.05, 0) is 17.9 Å². The van der Waals surface area contributed by atoms with Gasteiger partial charge in [-0.25, -0.2) is 0 Å². The Hall–Kier alpha value is -1.60. The second-order valence-electron chi connectivity index (χ2n) is 5.36. The number of amides is 1. The molecule has 0 fully saturated rings. The van der Waals surface area contributed by atoms with E-state index in [9.17, 15) is 4.79 Å². The Bertz CT molecular complexity index is 601. The van der Waals surface area contributed by atoms with Crippen molar-refractivity contribution in [2.75, 3.05) is 11.5 Å². The van der Waals surface area contributed by atoms with Crippen LogP contribution in [0.4, 0.5) is 5.13 Å². The number of carbonyl (C=O) groups excluding carboxylic acids is 1. The molecule has 1 aromatic carbocycles. The molecule has 0 saturated carbocycles. The van der Waals surface area contributed by atoms with Gasteiger partial charge in [0.05, 0.1) is 11.8 Å². The van der Waals surface area contributed by atoms with Crippen LogP contribution in [0.2, 0.25) is 0 Å². The first-order chi connectivity index (χ1) is 10.5. The zero-order valence-electron chi connectivity index (χ0n) is 12.7. The summed E-state index contributed by atoms with van der Waals surface area (Å²) in [6, 6.07) is 10.1. The minimum Gasteiger partial charge on any atom is -0.374 e. The van der Waals surface area contributed by atoms with Gasteiger partial charge in [-0.15, -0.1) is 10.2 Å². The molecule has 0 aliphatic rings. The van der Waals surface area contributed by atoms with Crippen molar-refractivity contribution in [1.29, 1.82) is 0 Å². The molecule has 0 radical (unpaired) electrons. The van der Waals surface area contributed by atoms with Crippen LogP contribution in [0.25, 0.3) is 0 Å². The third-order valence-corrected chi connectivity index (χ3v) is 4.88. The second kappa shape index (κ2) is 8.14. The van der Waals surface area contributed by atoms with Gasteiger partial charge in [0.15, 0.2) is 4.34 Å². The number of thioether (sulfide) groups is 1. The van der Waals surface area contributed by atoms with Crippen molar-refractivity contribution in [2.45, 2.75) is 30.6 Å². The molecule has 1 aromatic heterocycles. The predicted molar refractivity (Wildman–Crippen MR) is 91.8 cm³/mol. The predicted octanol–water partition coefficient (Wildman–Crippen LogP) is 3.12. The number of nitrogen functional groups attached to an aromatic ring is 1. The summed E-state index contributed by atoms with van der Waals surface area (Å²) in [5, 5.41) is 11.2. The van der Waals surface area contributed by atoms with Crippen molar-refractivity contribution in [3.05, 3.63) is 35.9 Å². The Morgan fingerprint density at radius 2 is 2.05 bits per heavy atom. The molecule has 0 aliphatic carbocycles. The fraction of sp³-hybridized carbons (Fsp3) is 0.400. The van der Waals surface area contributed by atoms with Crippen LogP contribution >= 0.6 is 23.1 Å². The summed E-state index contributed by atoms with van der Waals surface area (Å²) in [5.74, 6) is 0.810. The van der Waals surface area contributed by atoms with Gasteiger partial charge in [0.25, 0.3) is 0 Å². The Morgan fingerprint density at radius 1 is 1.32 bits per heavy atom. The SMILES string of the molecule is CC(C)CC(NC(=O)CSc1nnc(N)s1)c1ccccc1. The van der Waals surface area contributed by atoms with E-state index < -0.39 is 0 Å². The summed E-state index contributed by atoms with van der Waals surface area (Å²) in [6.45, 7) is 4.31. The number of benzene rings is 1. The van der Waals surface area contributed by atoms with Crippen LogP contribution in [-0.2, 0) is 4.79 Å². The molecule has 0 aliphatic heterocycles. The zero-order valence-corrected chi connectivity index (χ0v) is 14.3. The minimum atomic E-state index is -0.00623. The molecule has 5 nitrogen and oxygen atoms in total. The van der Waals surface area contributed by atoms with Crippen LogP contribution in [0.3, 0.4) is 0 Å². The third-order valence-electron chi connectivity index (χ3n) is 2.99. The van der Waals surface area contributed by atoms with Crippen molar-refractivity contribution >= 4 is 34.1 Å². The number of hydrogen-bond acceptors (Lipinski definition) is 6. The maximum atomic E-state index is 12.2. The van der Waals surface area contributed by atoms with E-state index >= 15 is 0 Å². The molecule has 118 valence electrons. The van der Waals surface area contributed by atoms with Crippen molar-refractivity contribution < 1.29 is 4.79 Å². The fourth-order valence-electron chi connectivity index (χ4n) is 2.08. The molecule has 0 bridgehead atoms. The maximum absolute atomic E-state index is 12.2. The number of rotatable bonds is 7. The van der Waals surface area contributed by atoms with Crippen LogP contribution < -0.4 is 11.1 Å². The van der Waals surface area contributed by atoms with E-state index in [1.807, 2.05) is 30.3 Å². The van der Waals surface area contributed by atoms with Crippen LogP contribution in [0.1, 0.15) is 31.9 Å². The molecule has 3 N–H and O–H groups in total. The summed E-state index contributed by atoms with van der Waals surface area (Å²) in [7, 11) is 0. The molecule has 2 rings (SSSR count). The number of nitrogens with two attached hydrogens (primary N) is 1. The standard InChI is InChI=1S/C15H20N4OS2/c1-10(2)8-12(11-6-4-3-5-7-11)17-13(20)9-21-15-19-18-14(16)22-15/h3-7,10,12H,8-9H2,1-2H3,(H2,16,18)(H,17,20). The Kier molecular flexibility index (Phi) is 6.21. The number of nitrogens with one attached hydrogen (secondary N) is 1. The lowest BCUT2D eigenvalue weighted by Gasteiger charge is -2.21. The number of nitrogens with zero attached hydrogens (tertiary/aromatic N) is 2. The molecule has 1 unspecified atom stereocenters. The van der Waals surface area contributed by atoms with Gasteiger partial charge >= 0.3 is 0 Å². The highest BCUT2D eigenvalue weighted by molar-refractivity contribution is 8.01. The Balaban J connectivity index is 1.93. The third kappa shape index (κ3) is 5.31. The van der Waals surface area contributed by atoms with Gasteiger partial charge in [-0.1, -0.05) is 67.3 Å². The molecule has 1 amide bonds. The number of anilines is 1. The molecular formula is C15H20N4OS2. The minimum absolute atomic E-state index is 0.00623. The highest BCUT2D eigenvalue weighted by Gasteiger charge is 2.16. The average Bonchev–Trinajstić information content (AvgIpc) is 2.91. The first-order valence-corrected chi connectivity index (χ1v) is 8.91. The highest BCUT2D eigenvalue weighted by atomic mass is 32.2. The summed E-state index contributed by atoms with van der Waals surface area (Å²) in [6.07, 6.45) is 0.909. The lowest BCUT2D eigenvalue weighted by atomic mass is 9.97. The normalized spacial score (nSPS) is 12.3. The van der Waals surface area contributed by atoms with Crippen LogP contribution in [0.15, 0.2) is 34.7 Å². The first-order valence-electron chi connectivity index (χ1n) is 7.10. The molecule has 2 aromatic rings. The van der Waals surface area contributed by atoms with E-state index in [-0.39, 0.29) is 11.9 Å². The number of hydrogen-bond donors (Lipinski definition) is 2. The average molecular weight is 336 g/mol. The molecule has 0 saturated heterocycles. The van der Waals surface area contributed by atoms with E-state index in [1.165, 1.54) is 23.1 Å². The quantitative estimate of drug-likeness (QED) is 0.759. The molecule has 0 spiro atoms. The van der Waals surface area contributed by atoms with E-state index in [4.69, 9.17) is 5.73 Å². The largest absolute Gasteiger partial charge is 0.374 e. The molecular weight excluding hydrogens is 316 g/mol. The lowest BCUT2D eigenvalue weighted by Crippen LogP contribution is -2.30. The Morgan fingerprint density at radius 3 is 2.64 bits per heavy atom. The Labute approximate surface area is 138 Å². The van der Waals surface area contributed by atoms with E-state index in [2.05, 4.69) is 29.4 Å². The van der Waals surface area contributed by atoms with Gasteiger partial charge < -0.3 is 11.1 Å². The van der Waals surface area contributed by atoms with Gasteiger partial charge in [-0.3, -0.25) is 4.79 Å².